The number of carbonyl (C=O) groups is 1. The zero-order valence-corrected chi connectivity index (χ0v) is 21.9. The minimum Gasteiger partial charge on any atom is -0.508 e. The largest absolute Gasteiger partial charge is 0.508 e. The topological polar surface area (TPSA) is 103 Å². The summed E-state index contributed by atoms with van der Waals surface area (Å²) < 4.78 is 0. The molecule has 3 aromatic carbocycles. The molecule has 5 rings (SSSR count). The molecule has 1 fully saturated rings. The van der Waals surface area contributed by atoms with Gasteiger partial charge in [0, 0.05) is 34.9 Å². The summed E-state index contributed by atoms with van der Waals surface area (Å²) in [5, 5.41) is 25.1. The monoisotopic (exact) mass is 538 g/mol. The van der Waals surface area contributed by atoms with E-state index in [1.54, 1.807) is 30.3 Å². The quantitative estimate of drug-likeness (QED) is 0.291. The van der Waals surface area contributed by atoms with E-state index in [1.165, 1.54) is 12.8 Å². The fraction of sp³-hybridized carbons (Fsp3) is 0.259. The van der Waals surface area contributed by atoms with Crippen LogP contribution in [0.4, 0.5) is 11.6 Å². The molecule has 10 heteroatoms. The lowest BCUT2D eigenvalue weighted by atomic mass is 10.0. The maximum Gasteiger partial charge on any atom is 0.251 e. The molecule has 4 aromatic rings. The van der Waals surface area contributed by atoms with Gasteiger partial charge in [0.2, 0.25) is 5.95 Å². The van der Waals surface area contributed by atoms with E-state index in [4.69, 9.17) is 11.6 Å². The van der Waals surface area contributed by atoms with E-state index in [0.29, 0.717) is 45.4 Å². The molecule has 192 valence electrons. The lowest BCUT2D eigenvalue weighted by Gasteiger charge is -2.15. The van der Waals surface area contributed by atoms with Crippen molar-refractivity contribution < 1.29 is 9.90 Å². The third-order valence-electron chi connectivity index (χ3n) is 6.30. The van der Waals surface area contributed by atoms with Crippen LogP contribution in [0.5, 0.6) is 5.75 Å². The van der Waals surface area contributed by atoms with Gasteiger partial charge in [0.25, 0.3) is 5.91 Å². The zero-order valence-electron chi connectivity index (χ0n) is 20.4. The average molecular weight is 539 g/mol. The predicted octanol–water partition coefficient (Wildman–Crippen LogP) is 5.35. The highest BCUT2D eigenvalue weighted by molar-refractivity contribution is 6.33. The lowest BCUT2D eigenvalue weighted by molar-refractivity contribution is 0.0950. The molecule has 1 saturated heterocycles. The molecule has 0 aliphatic carbocycles. The summed E-state index contributed by atoms with van der Waals surface area (Å²) in [7, 11) is 0. The van der Waals surface area contributed by atoms with Crippen LogP contribution in [0.3, 0.4) is 0 Å². The predicted molar refractivity (Wildman–Crippen MR) is 149 cm³/mol. The van der Waals surface area contributed by atoms with Crippen LogP contribution in [-0.4, -0.2) is 57.3 Å². The van der Waals surface area contributed by atoms with Gasteiger partial charge in [-0.3, -0.25) is 4.79 Å². The number of aryl methyl sites for hydroxylation is 1. The van der Waals surface area contributed by atoms with Crippen LogP contribution in [-0.2, 0) is 0 Å². The Labute approximate surface area is 226 Å². The second-order valence-electron chi connectivity index (χ2n) is 8.97. The Bertz CT molecular complexity index is 1430. The van der Waals surface area contributed by atoms with Crippen molar-refractivity contribution in [2.75, 3.05) is 31.5 Å². The maximum absolute atomic E-state index is 12.6. The lowest BCUT2D eigenvalue weighted by Crippen LogP contribution is -2.33. The normalized spacial score (nSPS) is 13.4. The van der Waals surface area contributed by atoms with E-state index >= 15 is 0 Å². The number of hydrogen-bond donors (Lipinski definition) is 3. The number of phenols is 1. The Morgan fingerprint density at radius 1 is 1.08 bits per heavy atom. The molecule has 1 aromatic heterocycles. The number of carbonyl (C=O) groups excluding carboxylic acids is 1. The smallest absolute Gasteiger partial charge is 0.251 e. The summed E-state index contributed by atoms with van der Waals surface area (Å²) in [6, 6.07) is 15.9. The van der Waals surface area contributed by atoms with E-state index in [9.17, 15) is 9.90 Å². The highest BCUT2D eigenvalue weighted by Gasteiger charge is 2.13. The Kier molecular flexibility index (Phi) is 8.43. The molecule has 3 N–H and O–H groups in total. The van der Waals surface area contributed by atoms with Gasteiger partial charge in [-0.25, -0.2) is 4.98 Å². The van der Waals surface area contributed by atoms with E-state index in [1.807, 2.05) is 31.2 Å². The van der Waals surface area contributed by atoms with Gasteiger partial charge in [0.05, 0.1) is 5.52 Å². The van der Waals surface area contributed by atoms with Crippen molar-refractivity contribution in [1.29, 1.82) is 0 Å². The first kappa shape index (κ1) is 26.6. The molecule has 37 heavy (non-hydrogen) atoms. The number of phenolic OH excluding ortho intramolecular Hbond substituents is 1. The van der Waals surface area contributed by atoms with Crippen LogP contribution >= 0.6 is 24.0 Å². The molecule has 0 unspecified atom stereocenters. The summed E-state index contributed by atoms with van der Waals surface area (Å²) in [6.45, 7) is 5.66. The second kappa shape index (κ2) is 11.7. The number of aromatic nitrogens is 3. The number of hydrogen-bond acceptors (Lipinski definition) is 7. The van der Waals surface area contributed by atoms with Crippen molar-refractivity contribution in [3.63, 3.8) is 0 Å². The van der Waals surface area contributed by atoms with Gasteiger partial charge in [-0.1, -0.05) is 17.7 Å². The molecule has 2 heterocycles. The second-order valence-corrected chi connectivity index (χ2v) is 9.38. The van der Waals surface area contributed by atoms with Crippen LogP contribution in [0.2, 0.25) is 5.02 Å². The highest BCUT2D eigenvalue weighted by atomic mass is 35.5. The first-order chi connectivity index (χ1) is 17.5. The van der Waals surface area contributed by atoms with Crippen LogP contribution in [0.1, 0.15) is 28.8 Å². The van der Waals surface area contributed by atoms with Gasteiger partial charge < -0.3 is 20.6 Å². The van der Waals surface area contributed by atoms with Gasteiger partial charge in [0.15, 0.2) is 0 Å². The molecule has 1 aliphatic heterocycles. The third-order valence-corrected chi connectivity index (χ3v) is 6.63. The Balaban J connectivity index is 0.00000320. The number of amides is 1. The van der Waals surface area contributed by atoms with Crippen molar-refractivity contribution >= 4 is 52.6 Å². The van der Waals surface area contributed by atoms with Crippen LogP contribution in [0.25, 0.3) is 22.2 Å². The molecule has 0 bridgehead atoms. The number of aromatic hydroxyl groups is 1. The molecular formula is C27H28Cl2N6O2. The number of halogens is 2. The van der Waals surface area contributed by atoms with Gasteiger partial charge in [-0.15, -0.1) is 22.6 Å². The molecule has 1 amide bonds. The Morgan fingerprint density at radius 3 is 2.70 bits per heavy atom. The molecule has 8 nitrogen and oxygen atoms in total. The molecule has 0 saturated carbocycles. The van der Waals surface area contributed by atoms with Crippen molar-refractivity contribution in [2.45, 2.75) is 19.8 Å². The molecule has 0 radical (unpaired) electrons. The first-order valence-electron chi connectivity index (χ1n) is 12.0. The van der Waals surface area contributed by atoms with E-state index in [0.717, 1.165) is 30.8 Å². The number of fused-ring (bicyclic) bond motifs is 1. The van der Waals surface area contributed by atoms with Gasteiger partial charge >= 0.3 is 0 Å². The minimum atomic E-state index is -0.107. The van der Waals surface area contributed by atoms with Crippen LogP contribution < -0.4 is 10.6 Å². The van der Waals surface area contributed by atoms with Crippen molar-refractivity contribution in [1.82, 2.24) is 25.4 Å². The van der Waals surface area contributed by atoms with Crippen LogP contribution in [0.15, 0.2) is 54.6 Å². The van der Waals surface area contributed by atoms with Crippen molar-refractivity contribution in [3.05, 3.63) is 70.7 Å². The van der Waals surface area contributed by atoms with Gasteiger partial charge in [0.1, 0.15) is 11.3 Å². The summed E-state index contributed by atoms with van der Waals surface area (Å²) in [5.74, 6) is 0.364. The number of anilines is 2. The van der Waals surface area contributed by atoms with Crippen LogP contribution in [0, 0.1) is 6.92 Å². The molecule has 0 atom stereocenters. The summed E-state index contributed by atoms with van der Waals surface area (Å²) in [6.07, 6.45) is 2.47. The highest BCUT2D eigenvalue weighted by Crippen LogP contribution is 2.33. The molecular weight excluding hydrogens is 511 g/mol. The SMILES string of the molecule is Cc1cc(-c2cc(O)ccc2Cl)cc2nnc(Nc3cccc(C(=O)NCCN4CCCC4)c3)nc12.Cl. The summed E-state index contributed by atoms with van der Waals surface area (Å²) in [4.78, 5) is 19.6. The summed E-state index contributed by atoms with van der Waals surface area (Å²) in [5.41, 5.74) is 5.00. The number of benzene rings is 3. The number of nitrogens with zero attached hydrogens (tertiary/aromatic N) is 4. The number of nitrogens with one attached hydrogen (secondary N) is 2. The molecule has 0 spiro atoms. The summed E-state index contributed by atoms with van der Waals surface area (Å²) >= 11 is 6.34. The zero-order chi connectivity index (χ0) is 25.1. The molecule has 1 aliphatic rings. The minimum absolute atomic E-state index is 0. The number of rotatable bonds is 7. The Hall–Kier alpha value is -3.46. The van der Waals surface area contributed by atoms with E-state index < -0.39 is 0 Å². The third kappa shape index (κ3) is 6.28. The van der Waals surface area contributed by atoms with Crippen molar-refractivity contribution in [2.24, 2.45) is 0 Å². The van der Waals surface area contributed by atoms with Gasteiger partial charge in [-0.05, 0) is 92.5 Å². The maximum atomic E-state index is 12.6. The van der Waals surface area contributed by atoms with Gasteiger partial charge in [-0.2, -0.15) is 0 Å². The number of likely N-dealkylation sites (tertiary alicyclic amines) is 1. The van der Waals surface area contributed by atoms with E-state index in [-0.39, 0.29) is 24.1 Å². The fourth-order valence-electron chi connectivity index (χ4n) is 4.46. The van der Waals surface area contributed by atoms with E-state index in [2.05, 4.69) is 30.7 Å². The fourth-order valence-corrected chi connectivity index (χ4v) is 4.68. The average Bonchev–Trinajstić information content (AvgIpc) is 3.39. The standard InChI is InChI=1S/C27H27ClN6O2.ClH/c1-17-13-19(22-16-21(35)7-8-23(22)28)15-24-25(17)31-27(33-32-24)30-20-6-4-5-18(14-20)26(36)29-9-12-34-10-2-3-11-34;/h4-8,13-16,35H,2-3,9-12H2,1H3,(H,29,36)(H,30,31,33);1H. The Morgan fingerprint density at radius 2 is 1.89 bits per heavy atom. The first-order valence-corrected chi connectivity index (χ1v) is 12.4. The van der Waals surface area contributed by atoms with Crippen molar-refractivity contribution in [3.8, 4) is 16.9 Å².